The van der Waals surface area contributed by atoms with E-state index in [9.17, 15) is 8.42 Å². The molecule has 0 atom stereocenters. The van der Waals surface area contributed by atoms with E-state index in [2.05, 4.69) is 5.10 Å². The summed E-state index contributed by atoms with van der Waals surface area (Å²) in [6.07, 6.45) is 2.86. The highest BCUT2D eigenvalue weighted by Crippen LogP contribution is 2.28. The molecule has 0 fully saturated rings. The van der Waals surface area contributed by atoms with E-state index in [0.717, 1.165) is 4.88 Å². The summed E-state index contributed by atoms with van der Waals surface area (Å²) in [4.78, 5) is 1.12. The molecule has 6 nitrogen and oxygen atoms in total. The molecule has 0 aliphatic rings. The maximum absolute atomic E-state index is 13.1. The Kier molecular flexibility index (Phi) is 4.59. The molecule has 0 saturated carbocycles. The van der Waals surface area contributed by atoms with Crippen LogP contribution in [0.5, 0.6) is 5.75 Å². The van der Waals surface area contributed by atoms with Crippen LogP contribution in [0.3, 0.4) is 0 Å². The molecule has 0 N–H and O–H groups in total. The first-order chi connectivity index (χ1) is 11.5. The molecule has 8 heteroatoms. The number of anilines is 1. The van der Waals surface area contributed by atoms with Crippen molar-refractivity contribution in [1.29, 1.82) is 0 Å². The summed E-state index contributed by atoms with van der Waals surface area (Å²) in [5.74, 6) is 0.675. The van der Waals surface area contributed by atoms with Crippen LogP contribution >= 0.6 is 11.3 Å². The van der Waals surface area contributed by atoms with Crippen LogP contribution in [0.1, 0.15) is 4.88 Å². The predicted octanol–water partition coefficient (Wildman–Crippen LogP) is 2.89. The first kappa shape index (κ1) is 16.5. The number of nitrogens with zero attached hydrogens (tertiary/aromatic N) is 3. The second kappa shape index (κ2) is 6.66. The first-order valence-corrected chi connectivity index (χ1v) is 9.50. The van der Waals surface area contributed by atoms with Crippen LogP contribution < -0.4 is 9.04 Å². The molecular weight excluding hydrogens is 346 g/mol. The van der Waals surface area contributed by atoms with Crippen molar-refractivity contribution >= 4 is 27.0 Å². The average Bonchev–Trinajstić information content (AvgIpc) is 3.24. The van der Waals surface area contributed by atoms with Crippen molar-refractivity contribution in [1.82, 2.24) is 9.78 Å². The summed E-state index contributed by atoms with van der Waals surface area (Å²) in [6, 6.07) is 10.8. The van der Waals surface area contributed by atoms with E-state index < -0.39 is 10.0 Å². The van der Waals surface area contributed by atoms with Crippen LogP contribution in [0.25, 0.3) is 0 Å². The van der Waals surface area contributed by atoms with Crippen molar-refractivity contribution in [3.8, 4) is 5.75 Å². The second-order valence-corrected chi connectivity index (χ2v) is 8.03. The number of rotatable bonds is 6. The maximum Gasteiger partial charge on any atom is 0.267 e. The summed E-state index contributed by atoms with van der Waals surface area (Å²) in [5.41, 5.74) is 0.577. The lowest BCUT2D eigenvalue weighted by Crippen LogP contribution is -2.30. The molecule has 3 rings (SSSR count). The zero-order chi connectivity index (χ0) is 17.2. The van der Waals surface area contributed by atoms with Gasteiger partial charge in [-0.05, 0) is 35.7 Å². The van der Waals surface area contributed by atoms with Crippen molar-refractivity contribution in [2.45, 2.75) is 11.4 Å². The molecule has 0 aliphatic carbocycles. The Balaban J connectivity index is 2.03. The van der Waals surface area contributed by atoms with E-state index in [4.69, 9.17) is 4.74 Å². The maximum atomic E-state index is 13.1. The van der Waals surface area contributed by atoms with Gasteiger partial charge in [0.25, 0.3) is 10.0 Å². The van der Waals surface area contributed by atoms with Gasteiger partial charge in [0.15, 0.2) is 0 Å². The molecule has 126 valence electrons. The van der Waals surface area contributed by atoms with Gasteiger partial charge in [0.2, 0.25) is 0 Å². The van der Waals surface area contributed by atoms with Gasteiger partial charge >= 0.3 is 0 Å². The van der Waals surface area contributed by atoms with Gasteiger partial charge in [-0.2, -0.15) is 5.10 Å². The third-order valence-corrected chi connectivity index (χ3v) is 6.10. The second-order valence-electron chi connectivity index (χ2n) is 5.14. The monoisotopic (exact) mass is 363 g/mol. The standard InChI is InChI=1S/C16H17N3O3S2/c1-18-12-16(10-17-18)24(20,21)19(11-15-4-3-9-23-15)13-5-7-14(22-2)8-6-13/h3-10,12H,11H2,1-2H3. The Morgan fingerprint density at radius 1 is 1.25 bits per heavy atom. The van der Waals surface area contributed by atoms with Crippen LogP contribution in [0.4, 0.5) is 5.69 Å². The number of thiophene rings is 1. The normalized spacial score (nSPS) is 11.4. The molecule has 0 bridgehead atoms. The van der Waals surface area contributed by atoms with Gasteiger partial charge in [-0.15, -0.1) is 11.3 Å². The predicted molar refractivity (Wildman–Crippen MR) is 93.9 cm³/mol. The Morgan fingerprint density at radius 2 is 2.00 bits per heavy atom. The zero-order valence-corrected chi connectivity index (χ0v) is 14.9. The van der Waals surface area contributed by atoms with Gasteiger partial charge in [-0.1, -0.05) is 6.07 Å². The highest BCUT2D eigenvalue weighted by atomic mass is 32.2. The molecule has 2 heterocycles. The van der Waals surface area contributed by atoms with Crippen LogP contribution in [-0.2, 0) is 23.6 Å². The Labute approximate surface area is 145 Å². The van der Waals surface area contributed by atoms with Crippen LogP contribution in [0, 0.1) is 0 Å². The van der Waals surface area contributed by atoms with E-state index in [1.807, 2.05) is 17.5 Å². The number of aromatic nitrogens is 2. The van der Waals surface area contributed by atoms with Crippen LogP contribution in [0.15, 0.2) is 59.1 Å². The Hall–Kier alpha value is -2.32. The highest BCUT2D eigenvalue weighted by molar-refractivity contribution is 7.92. The lowest BCUT2D eigenvalue weighted by Gasteiger charge is -2.23. The summed E-state index contributed by atoms with van der Waals surface area (Å²) in [6.45, 7) is 0.265. The Morgan fingerprint density at radius 3 is 2.54 bits per heavy atom. The van der Waals surface area contributed by atoms with E-state index in [-0.39, 0.29) is 11.4 Å². The first-order valence-electron chi connectivity index (χ1n) is 7.18. The lowest BCUT2D eigenvalue weighted by molar-refractivity contribution is 0.415. The number of hydrogen-bond acceptors (Lipinski definition) is 5. The third kappa shape index (κ3) is 3.29. The number of aryl methyl sites for hydroxylation is 1. The van der Waals surface area contributed by atoms with E-state index in [0.29, 0.717) is 11.4 Å². The molecule has 2 aromatic heterocycles. The van der Waals surface area contributed by atoms with Crippen molar-refractivity contribution < 1.29 is 13.2 Å². The van der Waals surface area contributed by atoms with Crippen LogP contribution in [-0.4, -0.2) is 25.3 Å². The summed E-state index contributed by atoms with van der Waals surface area (Å²) in [5, 5.41) is 5.91. The lowest BCUT2D eigenvalue weighted by atomic mass is 10.3. The summed E-state index contributed by atoms with van der Waals surface area (Å²) >= 11 is 1.52. The van der Waals surface area contributed by atoms with E-state index in [1.54, 1.807) is 38.4 Å². The van der Waals surface area contributed by atoms with Crippen molar-refractivity contribution in [2.75, 3.05) is 11.4 Å². The molecule has 0 saturated heterocycles. The average molecular weight is 363 g/mol. The number of ether oxygens (including phenoxy) is 1. The SMILES string of the molecule is COc1ccc(N(Cc2cccs2)S(=O)(=O)c2cnn(C)c2)cc1. The molecule has 0 aliphatic heterocycles. The minimum absolute atomic E-state index is 0.164. The van der Waals surface area contributed by atoms with E-state index in [1.165, 1.54) is 32.7 Å². The zero-order valence-electron chi connectivity index (χ0n) is 13.3. The molecule has 0 spiro atoms. The number of benzene rings is 1. The third-order valence-electron chi connectivity index (χ3n) is 3.51. The van der Waals surface area contributed by atoms with Crippen molar-refractivity contribution in [2.24, 2.45) is 7.05 Å². The minimum atomic E-state index is -3.71. The van der Waals surface area contributed by atoms with Crippen molar-refractivity contribution in [3.63, 3.8) is 0 Å². The number of sulfonamides is 1. The fourth-order valence-electron chi connectivity index (χ4n) is 2.27. The fraction of sp³-hybridized carbons (Fsp3) is 0.188. The van der Waals surface area contributed by atoms with Gasteiger partial charge in [0.05, 0.1) is 25.5 Å². The smallest absolute Gasteiger partial charge is 0.267 e. The van der Waals surface area contributed by atoms with Gasteiger partial charge in [0.1, 0.15) is 10.6 Å². The van der Waals surface area contributed by atoms with Gasteiger partial charge in [-0.3, -0.25) is 8.99 Å². The van der Waals surface area contributed by atoms with Crippen molar-refractivity contribution in [3.05, 3.63) is 59.0 Å². The number of methoxy groups -OCH3 is 1. The van der Waals surface area contributed by atoms with Gasteiger partial charge in [-0.25, -0.2) is 8.42 Å². The van der Waals surface area contributed by atoms with Crippen LogP contribution in [0.2, 0.25) is 0 Å². The summed E-state index contributed by atoms with van der Waals surface area (Å²) < 4.78 is 34.2. The van der Waals surface area contributed by atoms with Gasteiger partial charge in [0, 0.05) is 18.1 Å². The molecule has 0 unspecified atom stereocenters. The molecule has 0 amide bonds. The minimum Gasteiger partial charge on any atom is -0.497 e. The molecular formula is C16H17N3O3S2. The largest absolute Gasteiger partial charge is 0.497 e. The molecule has 1 aromatic carbocycles. The Bertz CT molecular complexity index is 900. The van der Waals surface area contributed by atoms with Gasteiger partial charge < -0.3 is 4.74 Å². The summed E-state index contributed by atoms with van der Waals surface area (Å²) in [7, 11) is -0.448. The molecule has 0 radical (unpaired) electrons. The fourth-order valence-corrected chi connectivity index (χ4v) is 4.47. The highest BCUT2D eigenvalue weighted by Gasteiger charge is 2.27. The molecule has 3 aromatic rings. The number of hydrogen-bond donors (Lipinski definition) is 0. The topological polar surface area (TPSA) is 64.4 Å². The van der Waals surface area contributed by atoms with E-state index >= 15 is 0 Å². The molecule has 24 heavy (non-hydrogen) atoms. The quantitative estimate of drug-likeness (QED) is 0.675.